The molecule has 0 aliphatic heterocycles. The van der Waals surface area contributed by atoms with E-state index < -0.39 is 10.8 Å². The predicted molar refractivity (Wildman–Crippen MR) is 99.7 cm³/mol. The van der Waals surface area contributed by atoms with E-state index in [4.69, 9.17) is 0 Å². The van der Waals surface area contributed by atoms with Crippen molar-refractivity contribution in [2.45, 2.75) is 19.8 Å². The molecule has 5 heteroatoms. The van der Waals surface area contributed by atoms with Gasteiger partial charge in [0.25, 0.3) is 5.69 Å². The van der Waals surface area contributed by atoms with Gasteiger partial charge >= 0.3 is 0 Å². The molecule has 3 aromatic carbocycles. The fourth-order valence-corrected chi connectivity index (χ4v) is 3.31. The summed E-state index contributed by atoms with van der Waals surface area (Å²) in [5.41, 5.74) is 3.33. The normalized spacial score (nSPS) is 10.9. The van der Waals surface area contributed by atoms with Gasteiger partial charge in [0.15, 0.2) is 0 Å². The fourth-order valence-electron chi connectivity index (χ4n) is 3.31. The number of hydrogen-bond donors (Lipinski definition) is 2. The van der Waals surface area contributed by atoms with Crippen molar-refractivity contribution >= 4 is 5.69 Å². The van der Waals surface area contributed by atoms with Crippen molar-refractivity contribution in [1.82, 2.24) is 0 Å². The quantitative estimate of drug-likeness (QED) is 0.402. The molecule has 0 spiro atoms. The molecule has 0 atom stereocenters. The molecule has 0 fully saturated rings. The number of phenols is 2. The highest BCUT2D eigenvalue weighted by atomic mass is 16.6. The van der Waals surface area contributed by atoms with Crippen molar-refractivity contribution in [2.75, 3.05) is 0 Å². The van der Waals surface area contributed by atoms with Crippen LogP contribution in [0.2, 0.25) is 0 Å². The molecule has 0 saturated carbocycles. The first-order valence-corrected chi connectivity index (χ1v) is 8.22. The van der Waals surface area contributed by atoms with Crippen LogP contribution in [0, 0.1) is 24.0 Å². The zero-order valence-electron chi connectivity index (χ0n) is 14.5. The molecular weight excluding hydrogens is 330 g/mol. The first-order valence-electron chi connectivity index (χ1n) is 8.22. The number of rotatable bonds is 4. The minimum absolute atomic E-state index is 0.00276. The highest BCUT2D eigenvalue weighted by molar-refractivity contribution is 5.58. The summed E-state index contributed by atoms with van der Waals surface area (Å²) in [4.78, 5) is 11.2. The van der Waals surface area contributed by atoms with Gasteiger partial charge in [0.05, 0.1) is 4.92 Å². The molecule has 3 rings (SSSR count). The van der Waals surface area contributed by atoms with Crippen LogP contribution in [0.5, 0.6) is 11.5 Å². The van der Waals surface area contributed by atoms with Crippen LogP contribution in [0.3, 0.4) is 0 Å². The van der Waals surface area contributed by atoms with Crippen molar-refractivity contribution in [3.8, 4) is 11.5 Å². The second-order valence-electron chi connectivity index (χ2n) is 6.23. The third-order valence-corrected chi connectivity index (χ3v) is 4.76. The first-order chi connectivity index (χ1) is 12.4. The van der Waals surface area contributed by atoms with E-state index in [9.17, 15) is 20.3 Å². The number of phenolic OH excluding ortho intramolecular Hbond substituents is 2. The van der Waals surface area contributed by atoms with Crippen LogP contribution in [-0.4, -0.2) is 15.1 Å². The number of nitrogens with zero attached hydrogens (tertiary/aromatic N) is 1. The molecule has 0 bridgehead atoms. The summed E-state index contributed by atoms with van der Waals surface area (Å²) < 4.78 is 0. The Labute approximate surface area is 151 Å². The lowest BCUT2D eigenvalue weighted by atomic mass is 9.80. The zero-order valence-corrected chi connectivity index (χ0v) is 14.5. The lowest BCUT2D eigenvalue weighted by molar-refractivity contribution is -0.385. The van der Waals surface area contributed by atoms with E-state index >= 15 is 0 Å². The Bertz CT molecular complexity index is 930. The van der Waals surface area contributed by atoms with Gasteiger partial charge in [-0.3, -0.25) is 10.1 Å². The van der Waals surface area contributed by atoms with Crippen LogP contribution >= 0.6 is 0 Å². The van der Waals surface area contributed by atoms with Gasteiger partial charge in [0, 0.05) is 17.5 Å². The van der Waals surface area contributed by atoms with Gasteiger partial charge in [-0.2, -0.15) is 0 Å². The van der Waals surface area contributed by atoms with Gasteiger partial charge < -0.3 is 10.2 Å². The summed E-state index contributed by atoms with van der Waals surface area (Å²) in [6, 6.07) is 16.9. The molecule has 26 heavy (non-hydrogen) atoms. The summed E-state index contributed by atoms with van der Waals surface area (Å²) in [5.74, 6) is -0.233. The second kappa shape index (κ2) is 6.88. The number of aromatic hydroxyl groups is 2. The monoisotopic (exact) mass is 349 g/mol. The highest BCUT2D eigenvalue weighted by Gasteiger charge is 2.28. The SMILES string of the molecule is Cc1c(O)cccc1C(c1ccccc1[N+](=O)[O-])c1cccc(O)c1C. The van der Waals surface area contributed by atoms with Crippen LogP contribution < -0.4 is 0 Å². The van der Waals surface area contributed by atoms with Gasteiger partial charge in [-0.05, 0) is 48.2 Å². The smallest absolute Gasteiger partial charge is 0.273 e. The first kappa shape index (κ1) is 17.5. The predicted octanol–water partition coefficient (Wildman–Crippen LogP) is 4.80. The molecule has 0 radical (unpaired) electrons. The number of nitro groups is 1. The number of para-hydroxylation sites is 1. The van der Waals surface area contributed by atoms with Crippen LogP contribution in [0.4, 0.5) is 5.69 Å². The Morgan fingerprint density at radius 3 is 1.73 bits per heavy atom. The molecule has 0 amide bonds. The minimum atomic E-state index is -0.490. The fraction of sp³-hybridized carbons (Fsp3) is 0.143. The minimum Gasteiger partial charge on any atom is -0.508 e. The Balaban J connectivity index is 2.36. The Hall–Kier alpha value is -3.34. The van der Waals surface area contributed by atoms with Gasteiger partial charge in [0.1, 0.15) is 11.5 Å². The summed E-state index contributed by atoms with van der Waals surface area (Å²) in [7, 11) is 0. The average molecular weight is 349 g/mol. The topological polar surface area (TPSA) is 83.6 Å². The van der Waals surface area contributed by atoms with Crippen LogP contribution in [0.15, 0.2) is 60.7 Å². The number of hydrogen-bond acceptors (Lipinski definition) is 4. The Kier molecular flexibility index (Phi) is 4.63. The Morgan fingerprint density at radius 1 is 0.769 bits per heavy atom. The second-order valence-corrected chi connectivity index (χ2v) is 6.23. The lowest BCUT2D eigenvalue weighted by Gasteiger charge is -2.23. The van der Waals surface area contributed by atoms with E-state index in [1.54, 1.807) is 56.3 Å². The van der Waals surface area contributed by atoms with Crippen LogP contribution in [0.1, 0.15) is 33.7 Å². The molecule has 132 valence electrons. The maximum Gasteiger partial charge on any atom is 0.273 e. The Morgan fingerprint density at radius 2 is 1.23 bits per heavy atom. The van der Waals surface area contributed by atoms with Crippen LogP contribution in [-0.2, 0) is 0 Å². The van der Waals surface area contributed by atoms with E-state index in [1.165, 1.54) is 6.07 Å². The molecule has 0 unspecified atom stereocenters. The van der Waals surface area contributed by atoms with Gasteiger partial charge in [-0.1, -0.05) is 42.5 Å². The third-order valence-electron chi connectivity index (χ3n) is 4.76. The van der Waals surface area contributed by atoms with Crippen molar-refractivity contribution in [1.29, 1.82) is 0 Å². The van der Waals surface area contributed by atoms with Gasteiger partial charge in [-0.15, -0.1) is 0 Å². The maximum absolute atomic E-state index is 11.6. The largest absolute Gasteiger partial charge is 0.508 e. The molecule has 0 saturated heterocycles. The molecule has 2 N–H and O–H groups in total. The van der Waals surface area contributed by atoms with Crippen molar-refractivity contribution in [3.05, 3.63) is 98.6 Å². The molecule has 0 aromatic heterocycles. The lowest BCUT2D eigenvalue weighted by Crippen LogP contribution is -2.09. The van der Waals surface area contributed by atoms with E-state index in [1.807, 2.05) is 12.1 Å². The van der Waals surface area contributed by atoms with E-state index in [-0.39, 0.29) is 17.2 Å². The molecule has 5 nitrogen and oxygen atoms in total. The highest BCUT2D eigenvalue weighted by Crippen LogP contribution is 2.42. The van der Waals surface area contributed by atoms with Crippen molar-refractivity contribution in [2.24, 2.45) is 0 Å². The van der Waals surface area contributed by atoms with Crippen LogP contribution in [0.25, 0.3) is 0 Å². The summed E-state index contributed by atoms with van der Waals surface area (Å²) in [5, 5.41) is 31.9. The standard InChI is InChI=1S/C21H19NO4/c1-13-15(8-5-11-19(13)23)21(16-9-6-12-20(24)14(16)2)17-7-3-4-10-18(17)22(25)26/h3-12,21,23-24H,1-2H3. The summed E-state index contributed by atoms with van der Waals surface area (Å²) in [6.45, 7) is 3.56. The third kappa shape index (κ3) is 2.99. The zero-order chi connectivity index (χ0) is 18.8. The van der Waals surface area contributed by atoms with Crippen molar-refractivity contribution < 1.29 is 15.1 Å². The molecule has 0 aliphatic rings. The van der Waals surface area contributed by atoms with E-state index in [2.05, 4.69) is 0 Å². The maximum atomic E-state index is 11.6. The van der Waals surface area contributed by atoms with E-state index in [0.717, 1.165) is 11.1 Å². The summed E-state index contributed by atoms with van der Waals surface area (Å²) >= 11 is 0. The number of benzene rings is 3. The van der Waals surface area contributed by atoms with Crippen molar-refractivity contribution in [3.63, 3.8) is 0 Å². The average Bonchev–Trinajstić information content (AvgIpc) is 2.62. The molecule has 3 aromatic rings. The van der Waals surface area contributed by atoms with E-state index in [0.29, 0.717) is 16.7 Å². The molecule has 0 aliphatic carbocycles. The van der Waals surface area contributed by atoms with Gasteiger partial charge in [0.2, 0.25) is 0 Å². The number of nitro benzene ring substituents is 1. The molecular formula is C21H19NO4. The summed E-state index contributed by atoms with van der Waals surface area (Å²) in [6.07, 6.45) is 0. The van der Waals surface area contributed by atoms with Gasteiger partial charge in [-0.25, -0.2) is 0 Å². The molecule has 0 heterocycles.